The number of ether oxygens (including phenoxy) is 2. The van der Waals surface area contributed by atoms with Crippen molar-refractivity contribution in [3.05, 3.63) is 41.9 Å². The Hall–Kier alpha value is -4.72. The molecule has 0 radical (unpaired) electrons. The number of imidazole rings is 2. The first-order valence-electron chi connectivity index (χ1n) is 22.0. The first-order valence-corrected chi connectivity index (χ1v) is 22.8. The molecule has 4 fully saturated rings. The molecular weight excluding hydrogens is 844 g/mol. The lowest BCUT2D eigenvalue weighted by atomic mass is 10.0. The average Bonchev–Trinajstić information content (AvgIpc) is 4.17. The minimum absolute atomic E-state index is 0.127. The lowest BCUT2D eigenvalue weighted by Crippen LogP contribution is -2.55. The van der Waals surface area contributed by atoms with Crippen molar-refractivity contribution < 1.29 is 19.1 Å². The molecule has 4 aromatic rings. The van der Waals surface area contributed by atoms with E-state index in [1.165, 1.54) is 25.7 Å². The van der Waals surface area contributed by atoms with Crippen LogP contribution in [0.5, 0.6) is 0 Å². The van der Waals surface area contributed by atoms with E-state index in [-0.39, 0.29) is 23.9 Å². The van der Waals surface area contributed by atoms with Gasteiger partial charge in [0.25, 0.3) is 0 Å². The van der Waals surface area contributed by atoms with Crippen molar-refractivity contribution in [1.29, 1.82) is 0 Å². The highest BCUT2D eigenvalue weighted by atomic mass is 79.9. The second kappa shape index (κ2) is 19.5. The molecule has 0 bridgehead atoms. The summed E-state index contributed by atoms with van der Waals surface area (Å²) in [7, 11) is 3.64. The Labute approximate surface area is 366 Å². The van der Waals surface area contributed by atoms with Gasteiger partial charge in [-0.05, 0) is 54.5 Å². The van der Waals surface area contributed by atoms with Gasteiger partial charge in [0.05, 0.1) is 38.8 Å². The standard InChI is InChI=1S/C21H29N7O2.C17H21BrN6O.C4H9NO/c1-3-16-19(29)25(2)17-14-23-20(24-18(17)28(16)15-6-4-5-7-15)27-9-8-22-21(27)26-10-12-30-13-11-26;1-3-12-15(25)22(2)13-10-20-17(23-9-8-19-16(23)18)21-14(13)24(12)11-6-4-5-7-11;1-3-6-4-2-5-1/h8-9,14-16H,3-7,10-13H2,1-2H3;8-12H,3-7H2,1-2H3;5H,1-4H2/t16-;12-;/m11./s1. The van der Waals surface area contributed by atoms with Gasteiger partial charge in [-0.1, -0.05) is 39.5 Å². The molecule has 328 valence electrons. The third-order valence-electron chi connectivity index (χ3n) is 12.6. The molecule has 2 aliphatic carbocycles. The van der Waals surface area contributed by atoms with E-state index < -0.39 is 0 Å². The Balaban J connectivity index is 0.000000150. The number of rotatable bonds is 7. The molecule has 4 aliphatic heterocycles. The fourth-order valence-electron chi connectivity index (χ4n) is 9.38. The zero-order valence-corrected chi connectivity index (χ0v) is 37.4. The fraction of sp³-hybridized carbons (Fsp3) is 0.619. The third-order valence-corrected chi connectivity index (χ3v) is 13.2. The van der Waals surface area contributed by atoms with Crippen molar-refractivity contribution in [3.8, 4) is 11.9 Å². The molecule has 18 nitrogen and oxygen atoms in total. The van der Waals surface area contributed by atoms with Crippen LogP contribution in [0.1, 0.15) is 78.1 Å². The van der Waals surface area contributed by atoms with Crippen molar-refractivity contribution in [2.24, 2.45) is 0 Å². The molecule has 19 heteroatoms. The lowest BCUT2D eigenvalue weighted by Gasteiger charge is -2.43. The van der Waals surface area contributed by atoms with Crippen molar-refractivity contribution in [2.45, 2.75) is 102 Å². The van der Waals surface area contributed by atoms with E-state index in [4.69, 9.17) is 19.4 Å². The summed E-state index contributed by atoms with van der Waals surface area (Å²) in [5.41, 5.74) is 1.56. The van der Waals surface area contributed by atoms with E-state index in [0.717, 1.165) is 107 Å². The first-order chi connectivity index (χ1) is 29.8. The Morgan fingerprint density at radius 3 is 1.59 bits per heavy atom. The van der Waals surface area contributed by atoms with Crippen LogP contribution in [-0.4, -0.2) is 142 Å². The summed E-state index contributed by atoms with van der Waals surface area (Å²) in [4.78, 5) is 63.7. The second-order valence-corrected chi connectivity index (χ2v) is 16.9. The molecule has 1 N–H and O–H groups in total. The van der Waals surface area contributed by atoms with Gasteiger partial charge in [-0.2, -0.15) is 9.97 Å². The van der Waals surface area contributed by atoms with Crippen LogP contribution >= 0.6 is 15.9 Å². The summed E-state index contributed by atoms with van der Waals surface area (Å²) in [5, 5.41) is 3.16. The van der Waals surface area contributed by atoms with Crippen LogP contribution in [0, 0.1) is 0 Å². The Kier molecular flexibility index (Phi) is 13.8. The largest absolute Gasteiger partial charge is 0.379 e. The number of aromatic nitrogens is 8. The van der Waals surface area contributed by atoms with Gasteiger partial charge in [-0.3, -0.25) is 18.7 Å². The van der Waals surface area contributed by atoms with Gasteiger partial charge in [-0.15, -0.1) is 0 Å². The molecule has 2 atom stereocenters. The average molecular weight is 904 g/mol. The summed E-state index contributed by atoms with van der Waals surface area (Å²) >= 11 is 3.42. The molecule has 2 amide bonds. The number of carbonyl (C=O) groups excluding carboxylic acids is 2. The van der Waals surface area contributed by atoms with E-state index in [1.807, 2.05) is 31.1 Å². The van der Waals surface area contributed by atoms with Crippen LogP contribution in [-0.2, 0) is 19.1 Å². The van der Waals surface area contributed by atoms with Crippen molar-refractivity contribution in [3.63, 3.8) is 0 Å². The first kappa shape index (κ1) is 42.9. The molecular formula is C42H59BrN14O4. The molecule has 0 aromatic carbocycles. The summed E-state index contributed by atoms with van der Waals surface area (Å²) < 4.78 is 14.9. The van der Waals surface area contributed by atoms with Crippen LogP contribution in [0.4, 0.5) is 29.0 Å². The molecule has 6 aliphatic rings. The van der Waals surface area contributed by atoms with Crippen LogP contribution in [0.25, 0.3) is 11.9 Å². The quantitative estimate of drug-likeness (QED) is 0.275. The zero-order chi connectivity index (χ0) is 42.5. The molecule has 0 unspecified atom stereocenters. The van der Waals surface area contributed by atoms with Crippen LogP contribution in [0.3, 0.4) is 0 Å². The minimum atomic E-state index is -0.171. The number of anilines is 5. The predicted molar refractivity (Wildman–Crippen MR) is 237 cm³/mol. The number of morpholine rings is 2. The number of likely N-dealkylation sites (N-methyl/N-ethyl adjacent to an activating group) is 2. The third kappa shape index (κ3) is 8.83. The number of hydrogen-bond acceptors (Lipinski definition) is 14. The molecule has 4 aromatic heterocycles. The lowest BCUT2D eigenvalue weighted by molar-refractivity contribution is -0.120. The van der Waals surface area contributed by atoms with Gasteiger partial charge in [-0.25, -0.2) is 19.9 Å². The maximum absolute atomic E-state index is 13.1. The van der Waals surface area contributed by atoms with E-state index in [9.17, 15) is 9.59 Å². The van der Waals surface area contributed by atoms with Crippen LogP contribution < -0.4 is 29.8 Å². The SMILES string of the molecule is C1COCCN1.CC[C@@H]1C(=O)N(C)c2cnc(-n3ccnc3Br)nc2N1C1CCCC1.CC[C@@H]1C(=O)N(C)c2cnc(-n3ccnc3N3CCOCC3)nc2N1C1CCCC1. The maximum Gasteiger partial charge on any atom is 0.249 e. The molecule has 8 heterocycles. The van der Waals surface area contributed by atoms with Gasteiger partial charge < -0.3 is 39.3 Å². The van der Waals surface area contributed by atoms with E-state index in [2.05, 4.69) is 69.7 Å². The Morgan fingerprint density at radius 2 is 1.15 bits per heavy atom. The fourth-order valence-corrected chi connectivity index (χ4v) is 9.77. The number of fused-ring (bicyclic) bond motifs is 2. The van der Waals surface area contributed by atoms with Gasteiger partial charge in [0.1, 0.15) is 23.5 Å². The number of hydrogen-bond donors (Lipinski definition) is 1. The molecule has 2 saturated heterocycles. The van der Waals surface area contributed by atoms with Crippen LogP contribution in [0.2, 0.25) is 0 Å². The van der Waals surface area contributed by atoms with Gasteiger partial charge in [0.15, 0.2) is 16.4 Å². The van der Waals surface area contributed by atoms with Gasteiger partial charge >= 0.3 is 0 Å². The Bertz CT molecular complexity index is 2100. The summed E-state index contributed by atoms with van der Waals surface area (Å²) in [5.74, 6) is 3.95. The van der Waals surface area contributed by atoms with Crippen molar-refractivity contribution in [2.75, 3.05) is 91.2 Å². The van der Waals surface area contributed by atoms with E-state index >= 15 is 0 Å². The van der Waals surface area contributed by atoms with E-state index in [0.29, 0.717) is 41.9 Å². The van der Waals surface area contributed by atoms with Crippen LogP contribution in [0.15, 0.2) is 41.9 Å². The Morgan fingerprint density at radius 1 is 0.672 bits per heavy atom. The minimum Gasteiger partial charge on any atom is -0.379 e. The normalized spacial score (nSPS) is 22.1. The topological polar surface area (TPSA) is 168 Å². The maximum atomic E-state index is 13.1. The number of nitrogens with one attached hydrogen (secondary N) is 1. The highest BCUT2D eigenvalue weighted by Gasteiger charge is 2.43. The summed E-state index contributed by atoms with van der Waals surface area (Å²) in [6, 6.07) is 0.398. The number of amides is 2. The smallest absolute Gasteiger partial charge is 0.249 e. The van der Waals surface area contributed by atoms with Gasteiger partial charge in [0, 0.05) is 77.1 Å². The second-order valence-electron chi connectivity index (χ2n) is 16.2. The number of nitrogens with zero attached hydrogens (tertiary/aromatic N) is 13. The predicted octanol–water partition coefficient (Wildman–Crippen LogP) is 4.54. The number of halogens is 1. The molecule has 10 rings (SSSR count). The van der Waals surface area contributed by atoms with Gasteiger partial charge in [0.2, 0.25) is 29.7 Å². The molecule has 61 heavy (non-hydrogen) atoms. The van der Waals surface area contributed by atoms with Crippen molar-refractivity contribution in [1.82, 2.24) is 44.4 Å². The van der Waals surface area contributed by atoms with Crippen molar-refractivity contribution >= 4 is 56.7 Å². The monoisotopic (exact) mass is 902 g/mol. The summed E-state index contributed by atoms with van der Waals surface area (Å²) in [6.07, 6.45) is 21.5. The highest BCUT2D eigenvalue weighted by Crippen LogP contribution is 2.41. The zero-order valence-electron chi connectivity index (χ0n) is 35.8. The highest BCUT2D eigenvalue weighted by molar-refractivity contribution is 9.10. The summed E-state index contributed by atoms with van der Waals surface area (Å²) in [6.45, 7) is 11.0. The molecule has 2 saturated carbocycles. The number of carbonyl (C=O) groups is 2. The molecule has 0 spiro atoms. The van der Waals surface area contributed by atoms with E-state index in [1.54, 1.807) is 39.2 Å².